The van der Waals surface area contributed by atoms with Gasteiger partial charge in [-0.05, 0) is 57.8 Å². The topological polar surface area (TPSA) is 88.5 Å². The number of anilines is 3. The quantitative estimate of drug-likeness (QED) is 0.431. The van der Waals surface area contributed by atoms with Crippen molar-refractivity contribution in [2.45, 2.75) is 26.3 Å². The molecule has 0 aliphatic carbocycles. The summed E-state index contributed by atoms with van der Waals surface area (Å²) >= 11 is 6.07. The number of ether oxygens (including phenoxy) is 1. The van der Waals surface area contributed by atoms with Crippen molar-refractivity contribution in [1.29, 1.82) is 0 Å². The van der Waals surface area contributed by atoms with Crippen molar-refractivity contribution in [3.05, 3.63) is 92.5 Å². The Bertz CT molecular complexity index is 1330. The minimum atomic E-state index is -0.505. The Morgan fingerprint density at radius 1 is 1.17 bits per heavy atom. The molecule has 0 amide bonds. The van der Waals surface area contributed by atoms with E-state index in [9.17, 15) is 9.59 Å². The van der Waals surface area contributed by atoms with Gasteiger partial charge >= 0.3 is 11.7 Å². The monoisotopic (exact) mass is 507 g/mol. The first-order valence-corrected chi connectivity index (χ1v) is 12.2. The van der Waals surface area contributed by atoms with Gasteiger partial charge in [-0.2, -0.15) is 4.98 Å². The lowest BCUT2D eigenvalue weighted by molar-refractivity contribution is -0.138. The number of nitrogens with one attached hydrogen (secondary N) is 2. The molecular formula is C27H30ClN5O3. The molecule has 2 N–H and O–H groups in total. The van der Waals surface area contributed by atoms with Crippen LogP contribution in [0.1, 0.15) is 30.9 Å². The third-order valence-corrected chi connectivity index (χ3v) is 6.26. The van der Waals surface area contributed by atoms with E-state index in [1.165, 1.54) is 0 Å². The second-order valence-corrected chi connectivity index (χ2v) is 9.26. The molecule has 9 heteroatoms. The number of carbonyl (C=O) groups excluding carboxylic acids is 1. The number of rotatable bonds is 8. The third kappa shape index (κ3) is 5.29. The summed E-state index contributed by atoms with van der Waals surface area (Å²) in [6, 6.07) is 16.9. The van der Waals surface area contributed by atoms with E-state index in [1.54, 1.807) is 23.6 Å². The fraction of sp³-hybridized carbons (Fsp3) is 0.296. The third-order valence-electron chi connectivity index (χ3n) is 6.01. The van der Waals surface area contributed by atoms with Crippen LogP contribution in [0.15, 0.2) is 70.7 Å². The molecule has 0 fully saturated rings. The maximum absolute atomic E-state index is 13.3. The van der Waals surface area contributed by atoms with Gasteiger partial charge in [0.15, 0.2) is 0 Å². The van der Waals surface area contributed by atoms with Crippen molar-refractivity contribution in [2.24, 2.45) is 0 Å². The summed E-state index contributed by atoms with van der Waals surface area (Å²) in [7, 11) is 3.90. The van der Waals surface area contributed by atoms with E-state index < -0.39 is 17.6 Å². The summed E-state index contributed by atoms with van der Waals surface area (Å²) in [5, 5.41) is 7.23. The molecule has 2 aromatic carbocycles. The molecule has 0 saturated heterocycles. The predicted molar refractivity (Wildman–Crippen MR) is 143 cm³/mol. The lowest BCUT2D eigenvalue weighted by Gasteiger charge is -2.33. The Balaban J connectivity index is 1.98. The second kappa shape index (κ2) is 11.0. The molecule has 4 rings (SSSR count). The summed E-state index contributed by atoms with van der Waals surface area (Å²) in [5.74, 6) is 0.0577. The SMILES string of the molecule is CCOC(=O)C1=C(C)Nc2c(c(Nc3ccc(Cl)cc3)nc(=O)n2CCN(C)C)C1c1ccccc1. The van der Waals surface area contributed by atoms with Crippen LogP contribution in [0.3, 0.4) is 0 Å². The molecule has 1 unspecified atom stereocenters. The van der Waals surface area contributed by atoms with E-state index in [0.717, 1.165) is 11.3 Å². The van der Waals surface area contributed by atoms with Gasteiger partial charge in [-0.25, -0.2) is 9.59 Å². The van der Waals surface area contributed by atoms with Gasteiger partial charge in [0.25, 0.3) is 0 Å². The minimum Gasteiger partial charge on any atom is -0.463 e. The van der Waals surface area contributed by atoms with Crippen LogP contribution in [0.4, 0.5) is 17.3 Å². The number of hydrogen-bond acceptors (Lipinski definition) is 7. The predicted octanol–water partition coefficient (Wildman–Crippen LogP) is 4.60. The summed E-state index contributed by atoms with van der Waals surface area (Å²) in [5.41, 5.74) is 3.03. The number of carbonyl (C=O) groups is 1. The van der Waals surface area contributed by atoms with Crippen LogP contribution in [0.25, 0.3) is 0 Å². The number of fused-ring (bicyclic) bond motifs is 1. The maximum Gasteiger partial charge on any atom is 0.351 e. The summed E-state index contributed by atoms with van der Waals surface area (Å²) < 4.78 is 7.08. The van der Waals surface area contributed by atoms with Crippen LogP contribution >= 0.6 is 11.6 Å². The minimum absolute atomic E-state index is 0.250. The van der Waals surface area contributed by atoms with E-state index in [-0.39, 0.29) is 6.61 Å². The van der Waals surface area contributed by atoms with Crippen LogP contribution in [-0.2, 0) is 16.1 Å². The standard InChI is InChI=1S/C27H30ClN5O3/c1-5-36-26(34)21-17(2)29-25-23(22(21)18-9-7-6-8-10-18)24(30-20-13-11-19(28)12-14-20)31-27(35)33(25)16-15-32(3)4/h6-14,22,29H,5,15-16H2,1-4H3,(H,30,31,35). The number of benzene rings is 2. The van der Waals surface area contributed by atoms with Gasteiger partial charge in [0.2, 0.25) is 0 Å². The Morgan fingerprint density at radius 2 is 1.86 bits per heavy atom. The highest BCUT2D eigenvalue weighted by Gasteiger charge is 2.37. The number of hydrogen-bond donors (Lipinski definition) is 2. The van der Waals surface area contributed by atoms with Crippen LogP contribution in [-0.4, -0.2) is 47.7 Å². The van der Waals surface area contributed by atoms with Crippen molar-refractivity contribution in [3.8, 4) is 0 Å². The highest BCUT2D eigenvalue weighted by Crippen LogP contribution is 2.45. The summed E-state index contributed by atoms with van der Waals surface area (Å²) in [4.78, 5) is 32.9. The van der Waals surface area contributed by atoms with E-state index in [0.29, 0.717) is 46.6 Å². The Morgan fingerprint density at radius 3 is 2.50 bits per heavy atom. The van der Waals surface area contributed by atoms with E-state index in [2.05, 4.69) is 15.6 Å². The first-order chi connectivity index (χ1) is 17.3. The molecule has 1 aliphatic rings. The van der Waals surface area contributed by atoms with Crippen molar-refractivity contribution in [3.63, 3.8) is 0 Å². The zero-order valence-electron chi connectivity index (χ0n) is 20.8. The molecule has 1 atom stereocenters. The molecule has 0 radical (unpaired) electrons. The largest absolute Gasteiger partial charge is 0.463 e. The van der Waals surface area contributed by atoms with Gasteiger partial charge in [-0.1, -0.05) is 41.9 Å². The van der Waals surface area contributed by atoms with E-state index in [4.69, 9.17) is 16.3 Å². The Kier molecular flexibility index (Phi) is 7.76. The van der Waals surface area contributed by atoms with Crippen molar-refractivity contribution in [1.82, 2.24) is 14.5 Å². The average molecular weight is 508 g/mol. The molecular weight excluding hydrogens is 478 g/mol. The zero-order chi connectivity index (χ0) is 25.8. The molecule has 0 saturated carbocycles. The molecule has 188 valence electrons. The lowest BCUT2D eigenvalue weighted by Crippen LogP contribution is -2.35. The molecule has 8 nitrogen and oxygen atoms in total. The number of nitrogens with zero attached hydrogens (tertiary/aromatic N) is 3. The molecule has 36 heavy (non-hydrogen) atoms. The molecule has 0 spiro atoms. The first-order valence-electron chi connectivity index (χ1n) is 11.8. The number of esters is 1. The van der Waals surface area contributed by atoms with Gasteiger partial charge in [0, 0.05) is 35.1 Å². The molecule has 1 aromatic heterocycles. The average Bonchev–Trinajstić information content (AvgIpc) is 2.84. The van der Waals surface area contributed by atoms with Crippen LogP contribution in [0, 0.1) is 0 Å². The van der Waals surface area contributed by atoms with Gasteiger partial charge < -0.3 is 20.3 Å². The van der Waals surface area contributed by atoms with Crippen LogP contribution < -0.4 is 16.3 Å². The number of allylic oxidation sites excluding steroid dienone is 1. The second-order valence-electron chi connectivity index (χ2n) is 8.82. The van der Waals surface area contributed by atoms with Crippen molar-refractivity contribution in [2.75, 3.05) is 37.9 Å². The summed E-state index contributed by atoms with van der Waals surface area (Å²) in [6.45, 7) is 4.94. The lowest BCUT2D eigenvalue weighted by atomic mass is 9.81. The van der Waals surface area contributed by atoms with Crippen molar-refractivity contribution < 1.29 is 9.53 Å². The van der Waals surface area contributed by atoms with Gasteiger partial charge in [0.1, 0.15) is 11.6 Å². The first kappa shape index (κ1) is 25.5. The smallest absolute Gasteiger partial charge is 0.351 e. The van der Waals surface area contributed by atoms with Gasteiger partial charge in [-0.15, -0.1) is 0 Å². The number of likely N-dealkylation sites (N-methyl/N-ethyl adjacent to an activating group) is 1. The fourth-order valence-electron chi connectivity index (χ4n) is 4.31. The molecule has 0 bridgehead atoms. The molecule has 3 aromatic rings. The highest BCUT2D eigenvalue weighted by atomic mass is 35.5. The Labute approximate surface area is 215 Å². The molecule has 2 heterocycles. The summed E-state index contributed by atoms with van der Waals surface area (Å²) in [6.07, 6.45) is 0. The van der Waals surface area contributed by atoms with Gasteiger partial charge in [-0.3, -0.25) is 4.57 Å². The highest BCUT2D eigenvalue weighted by molar-refractivity contribution is 6.30. The van der Waals surface area contributed by atoms with Crippen LogP contribution in [0.2, 0.25) is 5.02 Å². The van der Waals surface area contributed by atoms with Crippen LogP contribution in [0.5, 0.6) is 0 Å². The van der Waals surface area contributed by atoms with E-state index >= 15 is 0 Å². The number of aromatic nitrogens is 2. The fourth-order valence-corrected chi connectivity index (χ4v) is 4.44. The Hall–Kier alpha value is -3.62. The number of halogens is 1. The van der Waals surface area contributed by atoms with Crippen molar-refractivity contribution >= 4 is 34.9 Å². The van der Waals surface area contributed by atoms with E-state index in [1.807, 2.05) is 68.4 Å². The van der Waals surface area contributed by atoms with Gasteiger partial charge in [0.05, 0.1) is 18.1 Å². The normalized spacial score (nSPS) is 14.9. The molecule has 1 aliphatic heterocycles. The maximum atomic E-state index is 13.3. The zero-order valence-corrected chi connectivity index (χ0v) is 21.6.